The van der Waals surface area contributed by atoms with E-state index in [2.05, 4.69) is 9.88 Å². The second kappa shape index (κ2) is 7.67. The van der Waals surface area contributed by atoms with Gasteiger partial charge in [0.2, 0.25) is 0 Å². The van der Waals surface area contributed by atoms with Crippen molar-refractivity contribution in [2.75, 3.05) is 24.5 Å². The van der Waals surface area contributed by atoms with E-state index in [9.17, 15) is 4.79 Å². The van der Waals surface area contributed by atoms with Crippen molar-refractivity contribution in [2.24, 2.45) is 0 Å². The summed E-state index contributed by atoms with van der Waals surface area (Å²) >= 11 is 6.52. The molecule has 0 saturated carbocycles. The van der Waals surface area contributed by atoms with Crippen molar-refractivity contribution < 1.29 is 4.79 Å². The minimum Gasteiger partial charge on any atom is -0.370 e. The summed E-state index contributed by atoms with van der Waals surface area (Å²) in [5, 5.41) is 0.671. The second-order valence-electron chi connectivity index (χ2n) is 7.13. The Morgan fingerprint density at radius 1 is 1.04 bits per heavy atom. The van der Waals surface area contributed by atoms with E-state index >= 15 is 0 Å². The summed E-state index contributed by atoms with van der Waals surface area (Å²) in [5.74, 6) is 0.0511. The predicted octanol–water partition coefficient (Wildman–Crippen LogP) is 4.70. The number of anilines is 1. The monoisotopic (exact) mass is 369 g/mol. The summed E-state index contributed by atoms with van der Waals surface area (Å²) in [5.41, 5.74) is 2.68. The van der Waals surface area contributed by atoms with Crippen molar-refractivity contribution in [1.82, 2.24) is 9.88 Å². The molecular weight excluding hydrogens is 346 g/mol. The van der Waals surface area contributed by atoms with Crippen LogP contribution in [0.5, 0.6) is 0 Å². The molecule has 136 valence electrons. The van der Waals surface area contributed by atoms with Gasteiger partial charge in [-0.25, -0.2) is 0 Å². The van der Waals surface area contributed by atoms with E-state index in [1.54, 1.807) is 6.20 Å². The van der Waals surface area contributed by atoms with Crippen molar-refractivity contribution in [3.05, 3.63) is 58.9 Å². The summed E-state index contributed by atoms with van der Waals surface area (Å²) in [6.45, 7) is 2.85. The predicted molar refractivity (Wildman–Crippen MR) is 105 cm³/mol. The quantitative estimate of drug-likeness (QED) is 0.786. The van der Waals surface area contributed by atoms with Crippen LogP contribution in [0.1, 0.15) is 54.2 Å². The average molecular weight is 370 g/mol. The van der Waals surface area contributed by atoms with Crippen LogP contribution in [0.15, 0.2) is 42.6 Å². The SMILES string of the molecule is O=C(c1ccc(N2CCCC2)c(Cl)c1)N1CCCC[C@@H]1c1ccccn1. The molecule has 2 fully saturated rings. The first-order valence-corrected chi connectivity index (χ1v) is 9.88. The smallest absolute Gasteiger partial charge is 0.254 e. The Balaban J connectivity index is 1.58. The van der Waals surface area contributed by atoms with Crippen molar-refractivity contribution in [1.29, 1.82) is 0 Å². The molecule has 2 aliphatic heterocycles. The number of carbonyl (C=O) groups is 1. The molecule has 2 saturated heterocycles. The minimum absolute atomic E-state index is 0.0504. The van der Waals surface area contributed by atoms with E-state index in [0.717, 1.165) is 50.3 Å². The van der Waals surface area contributed by atoms with Gasteiger partial charge in [-0.05, 0) is 62.4 Å². The van der Waals surface area contributed by atoms with Gasteiger partial charge in [0.05, 0.1) is 22.4 Å². The van der Waals surface area contributed by atoms with E-state index in [1.165, 1.54) is 12.8 Å². The van der Waals surface area contributed by atoms with E-state index < -0.39 is 0 Å². The number of likely N-dealkylation sites (tertiary alicyclic amines) is 1. The van der Waals surface area contributed by atoms with Gasteiger partial charge in [-0.15, -0.1) is 0 Å². The van der Waals surface area contributed by atoms with E-state index in [1.807, 2.05) is 41.3 Å². The molecule has 0 spiro atoms. The van der Waals surface area contributed by atoms with Gasteiger partial charge in [0, 0.05) is 31.4 Å². The Morgan fingerprint density at radius 3 is 2.58 bits per heavy atom. The van der Waals surface area contributed by atoms with Gasteiger partial charge < -0.3 is 9.80 Å². The summed E-state index contributed by atoms with van der Waals surface area (Å²) in [6.07, 6.45) is 7.33. The number of amides is 1. The number of carbonyl (C=O) groups excluding carboxylic acids is 1. The molecule has 5 heteroatoms. The highest BCUT2D eigenvalue weighted by Gasteiger charge is 2.30. The lowest BCUT2D eigenvalue weighted by molar-refractivity contribution is 0.0606. The van der Waals surface area contributed by atoms with Crippen LogP contribution in [0.3, 0.4) is 0 Å². The zero-order valence-corrected chi connectivity index (χ0v) is 15.7. The largest absolute Gasteiger partial charge is 0.370 e. The van der Waals surface area contributed by atoms with Crippen molar-refractivity contribution in [2.45, 2.75) is 38.1 Å². The lowest BCUT2D eigenvalue weighted by Gasteiger charge is -2.35. The molecule has 0 unspecified atom stereocenters. The van der Waals surface area contributed by atoms with E-state index in [4.69, 9.17) is 11.6 Å². The van der Waals surface area contributed by atoms with Gasteiger partial charge in [-0.3, -0.25) is 9.78 Å². The maximum absolute atomic E-state index is 13.2. The van der Waals surface area contributed by atoms with Crippen molar-refractivity contribution in [3.63, 3.8) is 0 Å². The van der Waals surface area contributed by atoms with Crippen LogP contribution in [0.4, 0.5) is 5.69 Å². The van der Waals surface area contributed by atoms with E-state index in [0.29, 0.717) is 10.6 Å². The summed E-state index contributed by atoms with van der Waals surface area (Å²) in [7, 11) is 0. The van der Waals surface area contributed by atoms with Crippen LogP contribution in [-0.4, -0.2) is 35.4 Å². The van der Waals surface area contributed by atoms with Crippen LogP contribution >= 0.6 is 11.6 Å². The zero-order valence-electron chi connectivity index (χ0n) is 14.9. The minimum atomic E-state index is 0.0504. The first kappa shape index (κ1) is 17.3. The van der Waals surface area contributed by atoms with Crippen LogP contribution < -0.4 is 4.90 Å². The number of pyridine rings is 1. The van der Waals surface area contributed by atoms with Gasteiger partial charge in [-0.1, -0.05) is 17.7 Å². The number of hydrogen-bond donors (Lipinski definition) is 0. The number of benzene rings is 1. The molecule has 1 amide bonds. The number of hydrogen-bond acceptors (Lipinski definition) is 3. The maximum Gasteiger partial charge on any atom is 0.254 e. The molecule has 0 aliphatic carbocycles. The third-order valence-electron chi connectivity index (χ3n) is 5.43. The molecule has 1 atom stereocenters. The molecular formula is C21H24ClN3O. The normalized spacial score (nSPS) is 20.4. The Labute approximate surface area is 159 Å². The second-order valence-corrected chi connectivity index (χ2v) is 7.53. The Hall–Kier alpha value is -2.07. The molecule has 4 rings (SSSR count). The van der Waals surface area contributed by atoms with Crippen LogP contribution in [0, 0.1) is 0 Å². The number of rotatable bonds is 3. The number of piperidine rings is 1. The first-order valence-electron chi connectivity index (χ1n) is 9.50. The van der Waals surface area contributed by atoms with Crippen LogP contribution in [0.2, 0.25) is 5.02 Å². The van der Waals surface area contributed by atoms with Gasteiger partial charge in [0.15, 0.2) is 0 Å². The molecule has 3 heterocycles. The standard InChI is InChI=1S/C21H24ClN3O/c22-17-15-16(9-10-19(17)24-12-5-6-13-24)21(26)25-14-4-2-8-20(25)18-7-1-3-11-23-18/h1,3,7,9-11,15,20H,2,4-6,8,12-14H2/t20-/m1/s1. The molecule has 2 aromatic rings. The molecule has 0 bridgehead atoms. The highest BCUT2D eigenvalue weighted by atomic mass is 35.5. The van der Waals surface area contributed by atoms with Gasteiger partial charge in [0.1, 0.15) is 0 Å². The molecule has 1 aromatic heterocycles. The van der Waals surface area contributed by atoms with Crippen molar-refractivity contribution >= 4 is 23.2 Å². The topological polar surface area (TPSA) is 36.4 Å². The highest BCUT2D eigenvalue weighted by molar-refractivity contribution is 6.33. The van der Waals surface area contributed by atoms with Crippen molar-refractivity contribution in [3.8, 4) is 0 Å². The lowest BCUT2D eigenvalue weighted by atomic mass is 9.97. The average Bonchev–Trinajstić information content (AvgIpc) is 3.22. The van der Waals surface area contributed by atoms with Gasteiger partial charge >= 0.3 is 0 Å². The van der Waals surface area contributed by atoms with Crippen LogP contribution in [0.25, 0.3) is 0 Å². The Morgan fingerprint density at radius 2 is 1.85 bits per heavy atom. The highest BCUT2D eigenvalue weighted by Crippen LogP contribution is 2.33. The zero-order chi connectivity index (χ0) is 17.9. The molecule has 26 heavy (non-hydrogen) atoms. The Bertz CT molecular complexity index is 774. The fourth-order valence-corrected chi connectivity index (χ4v) is 4.38. The number of nitrogens with zero attached hydrogens (tertiary/aromatic N) is 3. The summed E-state index contributed by atoms with van der Waals surface area (Å²) in [6, 6.07) is 11.7. The third kappa shape index (κ3) is 3.43. The van der Waals surface area contributed by atoms with Gasteiger partial charge in [-0.2, -0.15) is 0 Å². The molecule has 2 aliphatic rings. The summed E-state index contributed by atoms with van der Waals surface area (Å²) in [4.78, 5) is 21.9. The molecule has 1 aromatic carbocycles. The fourth-order valence-electron chi connectivity index (χ4n) is 4.08. The Kier molecular flexibility index (Phi) is 5.11. The molecule has 0 radical (unpaired) electrons. The number of aromatic nitrogens is 1. The summed E-state index contributed by atoms with van der Waals surface area (Å²) < 4.78 is 0. The molecule has 4 nitrogen and oxygen atoms in total. The number of halogens is 1. The lowest BCUT2D eigenvalue weighted by Crippen LogP contribution is -2.38. The first-order chi connectivity index (χ1) is 12.7. The fraction of sp³-hybridized carbons (Fsp3) is 0.429. The van der Waals surface area contributed by atoms with Crippen LogP contribution in [-0.2, 0) is 0 Å². The third-order valence-corrected chi connectivity index (χ3v) is 5.74. The van der Waals surface area contributed by atoms with Gasteiger partial charge in [0.25, 0.3) is 5.91 Å². The van der Waals surface area contributed by atoms with E-state index in [-0.39, 0.29) is 11.9 Å². The maximum atomic E-state index is 13.2. The molecule has 0 N–H and O–H groups in total.